The van der Waals surface area contributed by atoms with Gasteiger partial charge in [0.15, 0.2) is 11.5 Å². The average molecular weight is 286 g/mol. The van der Waals surface area contributed by atoms with E-state index in [9.17, 15) is 4.79 Å². The molecule has 1 aromatic heterocycles. The number of carbonyl (C=O) groups excluding carboxylic acids is 1. The highest BCUT2D eigenvalue weighted by molar-refractivity contribution is 5.96. The van der Waals surface area contributed by atoms with E-state index in [2.05, 4.69) is 15.3 Å². The predicted molar refractivity (Wildman–Crippen MR) is 79.9 cm³/mol. The summed E-state index contributed by atoms with van der Waals surface area (Å²) >= 11 is 0. The van der Waals surface area contributed by atoms with E-state index in [1.165, 1.54) is 12.4 Å². The lowest BCUT2D eigenvalue weighted by atomic mass is 10.3. The standard InChI is InChI=1S/C15H18N4O2/c16-14-13(17-9-10-18-14)15(20)19-8-4-5-11-21-12-6-2-1-3-7-12/h1-3,6-7,9-10H,4-5,8,11H2,(H2,16,18)(H,19,20). The third kappa shape index (κ3) is 4.76. The quantitative estimate of drug-likeness (QED) is 0.755. The van der Waals surface area contributed by atoms with Crippen LogP contribution in [0.3, 0.4) is 0 Å². The number of nitrogens with one attached hydrogen (secondary N) is 1. The molecule has 0 saturated heterocycles. The Morgan fingerprint density at radius 3 is 2.67 bits per heavy atom. The molecule has 0 aliphatic rings. The number of hydrogen-bond donors (Lipinski definition) is 2. The molecule has 1 heterocycles. The molecule has 2 rings (SSSR count). The lowest BCUT2D eigenvalue weighted by Gasteiger charge is -2.07. The largest absolute Gasteiger partial charge is 0.494 e. The zero-order valence-electron chi connectivity index (χ0n) is 11.7. The van der Waals surface area contributed by atoms with Gasteiger partial charge in [0.25, 0.3) is 5.91 Å². The molecule has 1 amide bonds. The third-order valence-corrected chi connectivity index (χ3v) is 2.81. The summed E-state index contributed by atoms with van der Waals surface area (Å²) in [5.74, 6) is 0.695. The maximum absolute atomic E-state index is 11.8. The monoisotopic (exact) mass is 286 g/mol. The summed E-state index contributed by atoms with van der Waals surface area (Å²) in [6.45, 7) is 1.17. The smallest absolute Gasteiger partial charge is 0.273 e. The highest BCUT2D eigenvalue weighted by atomic mass is 16.5. The minimum Gasteiger partial charge on any atom is -0.494 e. The normalized spacial score (nSPS) is 10.1. The first-order valence-electron chi connectivity index (χ1n) is 6.80. The number of nitrogen functional groups attached to an aromatic ring is 1. The Morgan fingerprint density at radius 1 is 1.14 bits per heavy atom. The molecule has 6 heteroatoms. The van der Waals surface area contributed by atoms with Gasteiger partial charge < -0.3 is 15.8 Å². The number of amides is 1. The number of para-hydroxylation sites is 1. The lowest BCUT2D eigenvalue weighted by molar-refractivity contribution is 0.0948. The van der Waals surface area contributed by atoms with Crippen molar-refractivity contribution in [3.63, 3.8) is 0 Å². The summed E-state index contributed by atoms with van der Waals surface area (Å²) < 4.78 is 5.56. The van der Waals surface area contributed by atoms with Crippen molar-refractivity contribution in [1.29, 1.82) is 0 Å². The van der Waals surface area contributed by atoms with Crippen LogP contribution in [0.4, 0.5) is 5.82 Å². The Hall–Kier alpha value is -2.63. The van der Waals surface area contributed by atoms with Crippen molar-refractivity contribution in [2.24, 2.45) is 0 Å². The average Bonchev–Trinajstić information content (AvgIpc) is 2.52. The third-order valence-electron chi connectivity index (χ3n) is 2.81. The van der Waals surface area contributed by atoms with E-state index in [4.69, 9.17) is 10.5 Å². The summed E-state index contributed by atoms with van der Waals surface area (Å²) in [7, 11) is 0. The van der Waals surface area contributed by atoms with Crippen LogP contribution in [0, 0.1) is 0 Å². The van der Waals surface area contributed by atoms with Gasteiger partial charge in [-0.25, -0.2) is 9.97 Å². The molecular weight excluding hydrogens is 268 g/mol. The number of carbonyl (C=O) groups is 1. The van der Waals surface area contributed by atoms with E-state index < -0.39 is 0 Å². The van der Waals surface area contributed by atoms with Crippen molar-refractivity contribution in [3.8, 4) is 5.75 Å². The summed E-state index contributed by atoms with van der Waals surface area (Å²) in [6.07, 6.45) is 4.57. The summed E-state index contributed by atoms with van der Waals surface area (Å²) in [6, 6.07) is 9.64. The van der Waals surface area contributed by atoms with Gasteiger partial charge in [-0.1, -0.05) is 18.2 Å². The van der Waals surface area contributed by atoms with Gasteiger partial charge in [-0.15, -0.1) is 0 Å². The van der Waals surface area contributed by atoms with Crippen molar-refractivity contribution in [3.05, 3.63) is 48.4 Å². The van der Waals surface area contributed by atoms with E-state index in [1.807, 2.05) is 30.3 Å². The van der Waals surface area contributed by atoms with Gasteiger partial charge in [-0.2, -0.15) is 0 Å². The molecule has 1 aromatic carbocycles. The molecule has 0 spiro atoms. The summed E-state index contributed by atoms with van der Waals surface area (Å²) in [5.41, 5.74) is 5.75. The first kappa shape index (κ1) is 14.8. The highest BCUT2D eigenvalue weighted by Crippen LogP contribution is 2.08. The van der Waals surface area contributed by atoms with Crippen molar-refractivity contribution >= 4 is 11.7 Å². The SMILES string of the molecule is Nc1nccnc1C(=O)NCCCCOc1ccccc1. The minimum atomic E-state index is -0.301. The van der Waals surface area contributed by atoms with Gasteiger partial charge in [0.1, 0.15) is 5.75 Å². The molecule has 6 nitrogen and oxygen atoms in total. The second kappa shape index (κ2) is 7.84. The molecule has 110 valence electrons. The summed E-state index contributed by atoms with van der Waals surface area (Å²) in [4.78, 5) is 19.5. The van der Waals surface area contributed by atoms with E-state index >= 15 is 0 Å². The first-order chi connectivity index (χ1) is 10.3. The number of benzene rings is 1. The molecule has 0 fully saturated rings. The zero-order chi connectivity index (χ0) is 14.9. The fourth-order valence-electron chi connectivity index (χ4n) is 1.74. The molecule has 3 N–H and O–H groups in total. The van der Waals surface area contributed by atoms with Gasteiger partial charge >= 0.3 is 0 Å². The Balaban J connectivity index is 1.62. The molecule has 0 bridgehead atoms. The number of aromatic nitrogens is 2. The van der Waals surface area contributed by atoms with E-state index in [0.717, 1.165) is 18.6 Å². The maximum Gasteiger partial charge on any atom is 0.273 e. The van der Waals surface area contributed by atoms with E-state index in [-0.39, 0.29) is 17.4 Å². The van der Waals surface area contributed by atoms with Gasteiger partial charge in [0.05, 0.1) is 6.61 Å². The first-order valence-corrected chi connectivity index (χ1v) is 6.80. The topological polar surface area (TPSA) is 90.1 Å². The van der Waals surface area contributed by atoms with Gasteiger partial charge in [-0.05, 0) is 25.0 Å². The predicted octanol–water partition coefficient (Wildman–Crippen LogP) is 1.65. The molecule has 2 aromatic rings. The molecular formula is C15H18N4O2. The maximum atomic E-state index is 11.8. The summed E-state index contributed by atoms with van der Waals surface area (Å²) in [5, 5.41) is 2.76. The van der Waals surface area contributed by atoms with Gasteiger partial charge in [-0.3, -0.25) is 4.79 Å². The van der Waals surface area contributed by atoms with Crippen molar-refractivity contribution in [2.75, 3.05) is 18.9 Å². The van der Waals surface area contributed by atoms with Crippen LogP contribution >= 0.6 is 0 Å². The molecule has 21 heavy (non-hydrogen) atoms. The number of nitrogens with zero attached hydrogens (tertiary/aromatic N) is 2. The number of unbranched alkanes of at least 4 members (excludes halogenated alkanes) is 1. The highest BCUT2D eigenvalue weighted by Gasteiger charge is 2.10. The van der Waals surface area contributed by atoms with Crippen LogP contribution in [0.15, 0.2) is 42.7 Å². The van der Waals surface area contributed by atoms with Crippen molar-refractivity contribution in [1.82, 2.24) is 15.3 Å². The van der Waals surface area contributed by atoms with Crippen molar-refractivity contribution < 1.29 is 9.53 Å². The number of rotatable bonds is 7. The molecule has 0 aliphatic carbocycles. The number of ether oxygens (including phenoxy) is 1. The van der Waals surface area contributed by atoms with Gasteiger partial charge in [0.2, 0.25) is 0 Å². The number of nitrogens with two attached hydrogens (primary N) is 1. The molecule has 0 radical (unpaired) electrons. The van der Waals surface area contributed by atoms with Crippen LogP contribution in [0.2, 0.25) is 0 Å². The van der Waals surface area contributed by atoms with Crippen molar-refractivity contribution in [2.45, 2.75) is 12.8 Å². The van der Waals surface area contributed by atoms with Crippen LogP contribution in [0.1, 0.15) is 23.3 Å². The fourth-order valence-corrected chi connectivity index (χ4v) is 1.74. The molecule has 0 saturated carbocycles. The Bertz CT molecular complexity index is 575. The van der Waals surface area contributed by atoms with Crippen LogP contribution in [-0.2, 0) is 0 Å². The Morgan fingerprint density at radius 2 is 1.90 bits per heavy atom. The van der Waals surface area contributed by atoms with Crippen LogP contribution in [0.25, 0.3) is 0 Å². The fraction of sp³-hybridized carbons (Fsp3) is 0.267. The number of anilines is 1. The molecule has 0 unspecified atom stereocenters. The van der Waals surface area contributed by atoms with Crippen LogP contribution in [0.5, 0.6) is 5.75 Å². The zero-order valence-corrected chi connectivity index (χ0v) is 11.7. The molecule has 0 atom stereocenters. The lowest BCUT2D eigenvalue weighted by Crippen LogP contribution is -2.26. The van der Waals surface area contributed by atoms with Crippen LogP contribution < -0.4 is 15.8 Å². The minimum absolute atomic E-state index is 0.141. The van der Waals surface area contributed by atoms with E-state index in [0.29, 0.717) is 13.2 Å². The Labute approximate surface area is 123 Å². The second-order valence-corrected chi connectivity index (χ2v) is 4.41. The van der Waals surface area contributed by atoms with Crippen LogP contribution in [-0.4, -0.2) is 29.0 Å². The second-order valence-electron chi connectivity index (χ2n) is 4.41. The number of hydrogen-bond acceptors (Lipinski definition) is 5. The molecule has 0 aliphatic heterocycles. The van der Waals surface area contributed by atoms with E-state index in [1.54, 1.807) is 0 Å². The Kier molecular flexibility index (Phi) is 5.51. The van der Waals surface area contributed by atoms with Gasteiger partial charge in [0, 0.05) is 18.9 Å².